The molecule has 2 aromatic rings. The van der Waals surface area contributed by atoms with E-state index in [1.54, 1.807) is 6.26 Å². The van der Waals surface area contributed by atoms with Gasteiger partial charge in [0.15, 0.2) is 5.96 Å². The van der Waals surface area contributed by atoms with E-state index < -0.39 is 0 Å². The van der Waals surface area contributed by atoms with E-state index in [1.807, 2.05) is 45.0 Å². The Hall–Kier alpha value is -2.83. The first-order valence-electron chi connectivity index (χ1n) is 8.92. The van der Waals surface area contributed by atoms with Crippen LogP contribution in [0.15, 0.2) is 39.9 Å². The lowest BCUT2D eigenvalue weighted by molar-refractivity contribution is -0.120. The summed E-state index contributed by atoms with van der Waals surface area (Å²) in [6.07, 6.45) is 2.52. The average molecular weight is 357 g/mol. The van der Waals surface area contributed by atoms with E-state index in [-0.39, 0.29) is 12.5 Å². The highest BCUT2D eigenvalue weighted by atomic mass is 16.3. The largest absolute Gasteiger partial charge is 0.444 e. The van der Waals surface area contributed by atoms with Crippen molar-refractivity contribution < 1.29 is 9.21 Å². The van der Waals surface area contributed by atoms with Gasteiger partial charge in [0.25, 0.3) is 0 Å². The smallest absolute Gasteiger partial charge is 0.239 e. The number of nitrogens with one attached hydrogen (secondary N) is 3. The molecule has 0 saturated carbocycles. The number of rotatable bonds is 8. The van der Waals surface area contributed by atoms with Gasteiger partial charge in [-0.15, -0.1) is 0 Å². The van der Waals surface area contributed by atoms with E-state index >= 15 is 0 Å². The Morgan fingerprint density at radius 2 is 1.92 bits per heavy atom. The maximum absolute atomic E-state index is 11.7. The minimum Gasteiger partial charge on any atom is -0.444 e. The Bertz CT molecular complexity index is 722. The van der Waals surface area contributed by atoms with Gasteiger partial charge >= 0.3 is 0 Å². The van der Waals surface area contributed by atoms with Crippen LogP contribution in [0, 0.1) is 6.92 Å². The molecule has 0 fully saturated rings. The third kappa shape index (κ3) is 6.23. The zero-order valence-electron chi connectivity index (χ0n) is 15.6. The lowest BCUT2D eigenvalue weighted by atomic mass is 10.1. The zero-order chi connectivity index (χ0) is 18.8. The van der Waals surface area contributed by atoms with E-state index in [9.17, 15) is 4.79 Å². The normalized spacial score (nSPS) is 11.3. The minimum absolute atomic E-state index is 0.0550. The van der Waals surface area contributed by atoms with Crippen molar-refractivity contribution in [2.24, 2.45) is 4.99 Å². The molecule has 7 nitrogen and oxygen atoms in total. The second kappa shape index (κ2) is 10.2. The van der Waals surface area contributed by atoms with Crippen LogP contribution < -0.4 is 16.0 Å². The van der Waals surface area contributed by atoms with Crippen LogP contribution in [0.1, 0.15) is 31.5 Å². The number of carbonyl (C=O) groups excluding carboxylic acids is 1. The average Bonchev–Trinajstić information content (AvgIpc) is 3.12. The number of nitrogens with zero attached hydrogens (tertiary/aromatic N) is 2. The lowest BCUT2D eigenvalue weighted by Crippen LogP contribution is -2.43. The third-order valence-electron chi connectivity index (χ3n) is 3.58. The van der Waals surface area contributed by atoms with Gasteiger partial charge in [-0.1, -0.05) is 24.6 Å². The van der Waals surface area contributed by atoms with Crippen LogP contribution in [-0.2, 0) is 11.3 Å². The number of aliphatic imine (C=N–C) groups is 1. The van der Waals surface area contributed by atoms with Gasteiger partial charge in [-0.05, 0) is 32.4 Å². The van der Waals surface area contributed by atoms with E-state index in [0.717, 1.165) is 17.7 Å². The number of guanidine groups is 1. The van der Waals surface area contributed by atoms with Crippen LogP contribution in [-0.4, -0.2) is 36.5 Å². The molecule has 1 aromatic carbocycles. The highest BCUT2D eigenvalue weighted by molar-refractivity contribution is 5.86. The predicted molar refractivity (Wildman–Crippen MR) is 103 cm³/mol. The Morgan fingerprint density at radius 1 is 1.15 bits per heavy atom. The number of benzene rings is 1. The number of amides is 1. The molecule has 1 heterocycles. The molecular weight excluding hydrogens is 330 g/mol. The third-order valence-corrected chi connectivity index (χ3v) is 3.58. The Kier molecular flexibility index (Phi) is 7.67. The molecule has 0 bridgehead atoms. The van der Waals surface area contributed by atoms with Gasteiger partial charge in [0.1, 0.15) is 12.0 Å². The number of hydrogen-bond acceptors (Lipinski definition) is 4. The van der Waals surface area contributed by atoms with Gasteiger partial charge in [0, 0.05) is 18.7 Å². The first kappa shape index (κ1) is 19.5. The first-order chi connectivity index (χ1) is 12.6. The van der Waals surface area contributed by atoms with Crippen LogP contribution in [0.3, 0.4) is 0 Å². The highest BCUT2D eigenvalue weighted by Gasteiger charge is 2.07. The molecule has 26 heavy (non-hydrogen) atoms. The van der Waals surface area contributed by atoms with Crippen molar-refractivity contribution >= 4 is 11.9 Å². The molecule has 7 heteroatoms. The van der Waals surface area contributed by atoms with Crippen molar-refractivity contribution in [3.8, 4) is 11.5 Å². The van der Waals surface area contributed by atoms with E-state index in [4.69, 9.17) is 4.42 Å². The number of hydrogen-bond donors (Lipinski definition) is 3. The summed E-state index contributed by atoms with van der Waals surface area (Å²) in [5.41, 5.74) is 2.85. The summed E-state index contributed by atoms with van der Waals surface area (Å²) in [6, 6.07) is 8.01. The maximum Gasteiger partial charge on any atom is 0.239 e. The first-order valence-corrected chi connectivity index (χ1v) is 8.92. The van der Waals surface area contributed by atoms with E-state index in [0.29, 0.717) is 31.5 Å². The standard InChI is InChI=1S/C19H27N5O2/c1-4-10-21-17(25)12-23-19(20-5-2)22-11-16-13-26-18(24-16)15-8-6-14(3)7-9-15/h6-9,13H,4-5,10-12H2,1-3H3,(H,21,25)(H2,20,22,23). The zero-order valence-corrected chi connectivity index (χ0v) is 15.6. The summed E-state index contributed by atoms with van der Waals surface area (Å²) in [4.78, 5) is 20.6. The van der Waals surface area contributed by atoms with Crippen molar-refractivity contribution in [1.82, 2.24) is 20.9 Å². The van der Waals surface area contributed by atoms with Crippen molar-refractivity contribution in [1.29, 1.82) is 0 Å². The van der Waals surface area contributed by atoms with E-state index in [1.165, 1.54) is 5.56 Å². The molecule has 0 aliphatic heterocycles. The van der Waals surface area contributed by atoms with Crippen LogP contribution in [0.4, 0.5) is 0 Å². The topological polar surface area (TPSA) is 91.5 Å². The molecule has 2 rings (SSSR count). The molecule has 1 amide bonds. The molecule has 0 aliphatic rings. The summed E-state index contributed by atoms with van der Waals surface area (Å²) in [5, 5.41) is 8.94. The van der Waals surface area contributed by atoms with Crippen molar-refractivity contribution in [2.75, 3.05) is 19.6 Å². The lowest BCUT2D eigenvalue weighted by Gasteiger charge is -2.10. The van der Waals surface area contributed by atoms with Gasteiger partial charge in [-0.25, -0.2) is 9.98 Å². The monoisotopic (exact) mass is 357 g/mol. The molecule has 0 spiro atoms. The summed E-state index contributed by atoms with van der Waals surface area (Å²) in [6.45, 7) is 7.95. The fourth-order valence-electron chi connectivity index (χ4n) is 2.20. The van der Waals surface area contributed by atoms with Crippen molar-refractivity contribution in [3.05, 3.63) is 41.8 Å². The van der Waals surface area contributed by atoms with Crippen LogP contribution in [0.5, 0.6) is 0 Å². The van der Waals surface area contributed by atoms with Gasteiger partial charge < -0.3 is 20.4 Å². The number of aromatic nitrogens is 1. The second-order valence-electron chi connectivity index (χ2n) is 5.91. The Balaban J connectivity index is 1.94. The SMILES string of the molecule is CCCNC(=O)CNC(=NCc1coc(-c2ccc(C)cc2)n1)NCC. The van der Waals surface area contributed by atoms with Crippen LogP contribution >= 0.6 is 0 Å². The predicted octanol–water partition coefficient (Wildman–Crippen LogP) is 2.23. The Labute approximate surface area is 154 Å². The number of carbonyl (C=O) groups is 1. The molecule has 0 unspecified atom stereocenters. The molecule has 0 radical (unpaired) electrons. The highest BCUT2D eigenvalue weighted by Crippen LogP contribution is 2.19. The molecular formula is C19H27N5O2. The number of aryl methyl sites for hydroxylation is 1. The molecule has 140 valence electrons. The summed E-state index contributed by atoms with van der Waals surface area (Å²) in [5.74, 6) is 1.09. The van der Waals surface area contributed by atoms with Gasteiger partial charge in [-0.2, -0.15) is 0 Å². The van der Waals surface area contributed by atoms with Crippen LogP contribution in [0.2, 0.25) is 0 Å². The van der Waals surface area contributed by atoms with Crippen molar-refractivity contribution in [2.45, 2.75) is 33.7 Å². The molecule has 0 aliphatic carbocycles. The quantitative estimate of drug-likeness (QED) is 0.498. The van der Waals surface area contributed by atoms with Gasteiger partial charge in [0.05, 0.1) is 13.1 Å². The van der Waals surface area contributed by atoms with Gasteiger partial charge in [0.2, 0.25) is 11.8 Å². The summed E-state index contributed by atoms with van der Waals surface area (Å²) >= 11 is 0. The van der Waals surface area contributed by atoms with E-state index in [2.05, 4.69) is 25.9 Å². The second-order valence-corrected chi connectivity index (χ2v) is 5.91. The fraction of sp³-hybridized carbons (Fsp3) is 0.421. The summed E-state index contributed by atoms with van der Waals surface area (Å²) < 4.78 is 5.54. The minimum atomic E-state index is -0.0550. The molecule has 0 atom stereocenters. The maximum atomic E-state index is 11.7. The molecule has 0 saturated heterocycles. The summed E-state index contributed by atoms with van der Waals surface area (Å²) in [7, 11) is 0. The molecule has 1 aromatic heterocycles. The van der Waals surface area contributed by atoms with Gasteiger partial charge in [-0.3, -0.25) is 4.79 Å². The number of oxazole rings is 1. The molecule has 3 N–H and O–H groups in total. The van der Waals surface area contributed by atoms with Crippen molar-refractivity contribution in [3.63, 3.8) is 0 Å². The van der Waals surface area contributed by atoms with Crippen LogP contribution in [0.25, 0.3) is 11.5 Å². The Morgan fingerprint density at radius 3 is 2.62 bits per heavy atom. The fourth-order valence-corrected chi connectivity index (χ4v) is 2.20.